The minimum Gasteiger partial charge on any atom is -0.478 e. The van der Waals surface area contributed by atoms with Crippen LogP contribution in [0.5, 0.6) is 0 Å². The second-order valence-electron chi connectivity index (χ2n) is 4.22. The second kappa shape index (κ2) is 4.71. The van der Waals surface area contributed by atoms with Crippen LogP contribution in [0.3, 0.4) is 0 Å². The Morgan fingerprint density at radius 1 is 1.59 bits per heavy atom. The van der Waals surface area contributed by atoms with E-state index in [1.165, 1.54) is 0 Å². The van der Waals surface area contributed by atoms with Crippen LogP contribution < -0.4 is 4.90 Å². The van der Waals surface area contributed by atoms with Crippen molar-refractivity contribution in [2.45, 2.75) is 19.4 Å². The van der Waals surface area contributed by atoms with Crippen LogP contribution in [0.1, 0.15) is 22.5 Å². The SMILES string of the molecule is COC1CCN(c2nc(C)ccc2C(=O)O)C1. The first kappa shape index (κ1) is 11.9. The zero-order valence-electron chi connectivity index (χ0n) is 10.0. The summed E-state index contributed by atoms with van der Waals surface area (Å²) >= 11 is 0. The standard InChI is InChI=1S/C12H16N2O3/c1-8-3-4-10(12(15)16)11(13-8)14-6-5-9(7-14)17-2/h3-4,9H,5-7H2,1-2H3,(H,15,16). The number of methoxy groups -OCH3 is 1. The highest BCUT2D eigenvalue weighted by Crippen LogP contribution is 2.24. The van der Waals surface area contributed by atoms with E-state index < -0.39 is 5.97 Å². The summed E-state index contributed by atoms with van der Waals surface area (Å²) in [5.41, 5.74) is 1.08. The third-order valence-electron chi connectivity index (χ3n) is 3.02. The molecular weight excluding hydrogens is 220 g/mol. The number of carbonyl (C=O) groups is 1. The van der Waals surface area contributed by atoms with Gasteiger partial charge >= 0.3 is 5.97 Å². The van der Waals surface area contributed by atoms with Crippen LogP contribution in [0, 0.1) is 6.92 Å². The van der Waals surface area contributed by atoms with Gasteiger partial charge in [-0.05, 0) is 25.5 Å². The summed E-state index contributed by atoms with van der Waals surface area (Å²) in [5.74, 6) is -0.384. The Labute approximate surface area is 100 Å². The van der Waals surface area contributed by atoms with E-state index in [1.807, 2.05) is 11.8 Å². The molecule has 5 heteroatoms. The van der Waals surface area contributed by atoms with Gasteiger partial charge in [-0.25, -0.2) is 9.78 Å². The van der Waals surface area contributed by atoms with Crippen LogP contribution in [0.4, 0.5) is 5.82 Å². The maximum atomic E-state index is 11.1. The topological polar surface area (TPSA) is 62.7 Å². The van der Waals surface area contributed by atoms with Crippen molar-refractivity contribution in [3.05, 3.63) is 23.4 Å². The van der Waals surface area contributed by atoms with Crippen molar-refractivity contribution in [1.29, 1.82) is 0 Å². The molecule has 17 heavy (non-hydrogen) atoms. The number of carboxylic acid groups (broad SMARTS) is 1. The fourth-order valence-corrected chi connectivity index (χ4v) is 2.06. The lowest BCUT2D eigenvalue weighted by Crippen LogP contribution is -2.25. The molecule has 0 spiro atoms. The molecule has 92 valence electrons. The van der Waals surface area contributed by atoms with Crippen molar-refractivity contribution < 1.29 is 14.6 Å². The summed E-state index contributed by atoms with van der Waals surface area (Å²) in [6.45, 7) is 3.35. The van der Waals surface area contributed by atoms with Crippen LogP contribution >= 0.6 is 0 Å². The summed E-state index contributed by atoms with van der Waals surface area (Å²) in [6, 6.07) is 3.33. The normalized spacial score (nSPS) is 19.6. The van der Waals surface area contributed by atoms with Gasteiger partial charge in [0.1, 0.15) is 11.4 Å². The highest BCUT2D eigenvalue weighted by molar-refractivity contribution is 5.93. The molecule has 1 aliphatic heterocycles. The van der Waals surface area contributed by atoms with Crippen molar-refractivity contribution in [3.8, 4) is 0 Å². The van der Waals surface area contributed by atoms with E-state index in [2.05, 4.69) is 4.98 Å². The Kier molecular flexibility index (Phi) is 3.28. The quantitative estimate of drug-likeness (QED) is 0.857. The van der Waals surface area contributed by atoms with Gasteiger partial charge in [0.25, 0.3) is 0 Å². The maximum absolute atomic E-state index is 11.1. The molecule has 0 aliphatic carbocycles. The van der Waals surface area contributed by atoms with E-state index in [9.17, 15) is 4.79 Å². The number of nitrogens with zero attached hydrogens (tertiary/aromatic N) is 2. The first-order chi connectivity index (χ1) is 8.11. The van der Waals surface area contributed by atoms with Crippen molar-refractivity contribution >= 4 is 11.8 Å². The smallest absolute Gasteiger partial charge is 0.339 e. The Bertz CT molecular complexity index is 434. The number of hydrogen-bond acceptors (Lipinski definition) is 4. The van der Waals surface area contributed by atoms with Gasteiger partial charge in [0.05, 0.1) is 6.10 Å². The third-order valence-corrected chi connectivity index (χ3v) is 3.02. The van der Waals surface area contributed by atoms with Gasteiger partial charge in [0.2, 0.25) is 0 Å². The largest absolute Gasteiger partial charge is 0.478 e. The Hall–Kier alpha value is -1.62. The molecule has 1 atom stereocenters. The molecule has 1 N–H and O–H groups in total. The van der Waals surface area contributed by atoms with E-state index in [0.29, 0.717) is 12.4 Å². The number of aromatic nitrogens is 1. The minimum absolute atomic E-state index is 0.166. The molecule has 1 aromatic heterocycles. The van der Waals surface area contributed by atoms with Crippen LogP contribution in [-0.2, 0) is 4.74 Å². The molecule has 1 saturated heterocycles. The number of rotatable bonds is 3. The van der Waals surface area contributed by atoms with Gasteiger partial charge in [-0.3, -0.25) is 0 Å². The summed E-state index contributed by atoms with van der Waals surface area (Å²) in [7, 11) is 1.68. The number of aryl methyl sites for hydroxylation is 1. The summed E-state index contributed by atoms with van der Waals surface area (Å²) < 4.78 is 5.28. The lowest BCUT2D eigenvalue weighted by atomic mass is 10.2. The molecule has 0 radical (unpaired) electrons. The van der Waals surface area contributed by atoms with E-state index in [1.54, 1.807) is 19.2 Å². The molecule has 0 bridgehead atoms. The van der Waals surface area contributed by atoms with Crippen LogP contribution in [0.25, 0.3) is 0 Å². The number of carboxylic acids is 1. The number of aromatic carboxylic acids is 1. The Morgan fingerprint density at radius 3 is 2.94 bits per heavy atom. The van der Waals surface area contributed by atoms with E-state index in [0.717, 1.165) is 18.7 Å². The summed E-state index contributed by atoms with van der Waals surface area (Å²) in [4.78, 5) is 17.5. The van der Waals surface area contributed by atoms with Gasteiger partial charge in [-0.15, -0.1) is 0 Å². The molecule has 2 heterocycles. The monoisotopic (exact) mass is 236 g/mol. The molecule has 5 nitrogen and oxygen atoms in total. The zero-order chi connectivity index (χ0) is 12.4. The highest BCUT2D eigenvalue weighted by atomic mass is 16.5. The van der Waals surface area contributed by atoms with Gasteiger partial charge in [0, 0.05) is 25.9 Å². The summed E-state index contributed by atoms with van der Waals surface area (Å²) in [6.07, 6.45) is 1.07. The molecular formula is C12H16N2O3. The second-order valence-corrected chi connectivity index (χ2v) is 4.22. The first-order valence-corrected chi connectivity index (χ1v) is 5.60. The molecule has 2 rings (SSSR count). The third kappa shape index (κ3) is 2.39. The van der Waals surface area contributed by atoms with E-state index >= 15 is 0 Å². The predicted molar refractivity (Wildman–Crippen MR) is 63.6 cm³/mol. The fourth-order valence-electron chi connectivity index (χ4n) is 2.06. The fraction of sp³-hybridized carbons (Fsp3) is 0.500. The van der Waals surface area contributed by atoms with Crippen LogP contribution in [0.15, 0.2) is 12.1 Å². The first-order valence-electron chi connectivity index (χ1n) is 5.60. The van der Waals surface area contributed by atoms with Gasteiger partial charge < -0.3 is 14.7 Å². The maximum Gasteiger partial charge on any atom is 0.339 e. The molecule has 0 saturated carbocycles. The van der Waals surface area contributed by atoms with Crippen LogP contribution in [-0.4, -0.2) is 42.4 Å². The Morgan fingerprint density at radius 2 is 2.35 bits per heavy atom. The highest BCUT2D eigenvalue weighted by Gasteiger charge is 2.26. The molecule has 1 aliphatic rings. The Balaban J connectivity index is 2.31. The lowest BCUT2D eigenvalue weighted by molar-refractivity contribution is 0.0697. The van der Waals surface area contributed by atoms with Crippen LogP contribution in [0.2, 0.25) is 0 Å². The number of anilines is 1. The van der Waals surface area contributed by atoms with E-state index in [4.69, 9.17) is 9.84 Å². The molecule has 1 fully saturated rings. The zero-order valence-corrected chi connectivity index (χ0v) is 10.0. The van der Waals surface area contributed by atoms with Gasteiger partial charge in [-0.2, -0.15) is 0 Å². The lowest BCUT2D eigenvalue weighted by Gasteiger charge is -2.19. The van der Waals surface area contributed by atoms with Gasteiger partial charge in [-0.1, -0.05) is 0 Å². The number of ether oxygens (including phenoxy) is 1. The minimum atomic E-state index is -0.937. The van der Waals surface area contributed by atoms with Crippen molar-refractivity contribution in [2.75, 3.05) is 25.1 Å². The molecule has 1 unspecified atom stereocenters. The molecule has 1 aromatic rings. The predicted octanol–water partition coefficient (Wildman–Crippen LogP) is 1.31. The van der Waals surface area contributed by atoms with Crippen molar-refractivity contribution in [3.63, 3.8) is 0 Å². The number of pyridine rings is 1. The molecule has 0 aromatic carbocycles. The molecule has 0 amide bonds. The average Bonchev–Trinajstić information content (AvgIpc) is 2.76. The number of hydrogen-bond donors (Lipinski definition) is 1. The summed E-state index contributed by atoms with van der Waals surface area (Å²) in [5, 5.41) is 9.14. The van der Waals surface area contributed by atoms with Crippen molar-refractivity contribution in [1.82, 2.24) is 4.98 Å². The average molecular weight is 236 g/mol. The van der Waals surface area contributed by atoms with Crippen molar-refractivity contribution in [2.24, 2.45) is 0 Å². The van der Waals surface area contributed by atoms with Gasteiger partial charge in [0.15, 0.2) is 0 Å². The van der Waals surface area contributed by atoms with E-state index in [-0.39, 0.29) is 11.7 Å².